The van der Waals surface area contributed by atoms with Gasteiger partial charge >= 0.3 is 6.03 Å². The number of nitrogens with zero attached hydrogens (tertiary/aromatic N) is 1. The molecule has 3 aromatic rings. The summed E-state index contributed by atoms with van der Waals surface area (Å²) < 4.78 is 18.7. The molecule has 1 saturated heterocycles. The molecule has 0 unspecified atom stereocenters. The third-order valence-corrected chi connectivity index (χ3v) is 4.78. The van der Waals surface area contributed by atoms with E-state index in [4.69, 9.17) is 4.74 Å². The number of hydrogen-bond donors (Lipinski definition) is 2. The molecule has 0 radical (unpaired) electrons. The second-order valence-electron chi connectivity index (χ2n) is 7.21. The summed E-state index contributed by atoms with van der Waals surface area (Å²) in [5, 5.41) is 4.80. The van der Waals surface area contributed by atoms with Gasteiger partial charge in [-0.1, -0.05) is 30.3 Å². The molecule has 0 atom stereocenters. The zero-order valence-corrected chi connectivity index (χ0v) is 17.7. The highest BCUT2D eigenvalue weighted by Crippen LogP contribution is 2.23. The number of anilines is 2. The van der Waals surface area contributed by atoms with Crippen LogP contribution in [-0.2, 0) is 14.4 Å². The number of halogens is 1. The molecule has 4 rings (SSSR count). The maximum atomic E-state index is 13.2. The second-order valence-corrected chi connectivity index (χ2v) is 7.21. The fourth-order valence-corrected chi connectivity index (χ4v) is 3.21. The van der Waals surface area contributed by atoms with Crippen molar-refractivity contribution in [1.82, 2.24) is 5.32 Å². The molecular weight excluding hydrogens is 441 g/mol. The number of carbonyl (C=O) groups excluding carboxylic acids is 4. The van der Waals surface area contributed by atoms with E-state index in [1.54, 1.807) is 48.5 Å². The summed E-state index contributed by atoms with van der Waals surface area (Å²) in [6.07, 6.45) is 1.30. The van der Waals surface area contributed by atoms with Gasteiger partial charge in [0.1, 0.15) is 17.1 Å². The zero-order valence-electron chi connectivity index (χ0n) is 17.7. The Kier molecular flexibility index (Phi) is 6.45. The quantitative estimate of drug-likeness (QED) is 0.434. The Balaban J connectivity index is 1.49. The minimum absolute atomic E-state index is 0.115. The van der Waals surface area contributed by atoms with Crippen LogP contribution in [-0.4, -0.2) is 30.4 Å². The Bertz CT molecular complexity index is 1290. The van der Waals surface area contributed by atoms with Crippen molar-refractivity contribution in [3.05, 3.63) is 95.8 Å². The van der Waals surface area contributed by atoms with Gasteiger partial charge < -0.3 is 10.1 Å². The van der Waals surface area contributed by atoms with E-state index in [1.165, 1.54) is 18.2 Å². The first-order chi connectivity index (χ1) is 16.4. The van der Waals surface area contributed by atoms with Gasteiger partial charge in [-0.25, -0.2) is 14.1 Å². The molecule has 2 N–H and O–H groups in total. The van der Waals surface area contributed by atoms with Crippen molar-refractivity contribution in [3.8, 4) is 5.75 Å². The summed E-state index contributed by atoms with van der Waals surface area (Å²) in [6.45, 7) is -0.249. The fraction of sp³-hybridized carbons (Fsp3) is 0.0400. The molecule has 1 heterocycles. The number of rotatable bonds is 6. The van der Waals surface area contributed by atoms with Gasteiger partial charge in [0.05, 0.1) is 5.69 Å². The van der Waals surface area contributed by atoms with Crippen molar-refractivity contribution >= 4 is 41.2 Å². The molecule has 0 aromatic heterocycles. The van der Waals surface area contributed by atoms with Gasteiger partial charge in [-0.05, 0) is 60.2 Å². The third kappa shape index (κ3) is 5.16. The van der Waals surface area contributed by atoms with Crippen molar-refractivity contribution in [2.75, 3.05) is 16.8 Å². The van der Waals surface area contributed by atoms with Crippen molar-refractivity contribution in [1.29, 1.82) is 0 Å². The van der Waals surface area contributed by atoms with Crippen LogP contribution >= 0.6 is 0 Å². The van der Waals surface area contributed by atoms with Gasteiger partial charge in [-0.2, -0.15) is 0 Å². The van der Waals surface area contributed by atoms with Crippen molar-refractivity contribution in [3.63, 3.8) is 0 Å². The summed E-state index contributed by atoms with van der Waals surface area (Å²) in [4.78, 5) is 50.3. The summed E-state index contributed by atoms with van der Waals surface area (Å²) in [5.74, 6) is -2.26. The lowest BCUT2D eigenvalue weighted by atomic mass is 10.1. The van der Waals surface area contributed by atoms with Crippen LogP contribution in [0.5, 0.6) is 5.75 Å². The summed E-state index contributed by atoms with van der Waals surface area (Å²) >= 11 is 0. The Labute approximate surface area is 193 Å². The number of ether oxygens (including phenoxy) is 1. The maximum absolute atomic E-state index is 13.2. The molecular formula is C25H18FN3O5. The Morgan fingerprint density at radius 3 is 2.44 bits per heavy atom. The molecule has 1 aliphatic heterocycles. The molecule has 34 heavy (non-hydrogen) atoms. The zero-order chi connectivity index (χ0) is 24.1. The predicted octanol–water partition coefficient (Wildman–Crippen LogP) is 3.51. The minimum Gasteiger partial charge on any atom is -0.484 e. The van der Waals surface area contributed by atoms with Gasteiger partial charge in [0, 0.05) is 5.69 Å². The Morgan fingerprint density at radius 2 is 1.71 bits per heavy atom. The number of para-hydroxylation sites is 1. The van der Waals surface area contributed by atoms with E-state index in [0.29, 0.717) is 17.0 Å². The summed E-state index contributed by atoms with van der Waals surface area (Å²) in [7, 11) is 0. The normalized spacial score (nSPS) is 14.7. The largest absolute Gasteiger partial charge is 0.484 e. The first kappa shape index (κ1) is 22.4. The molecule has 1 aliphatic rings. The molecule has 0 spiro atoms. The van der Waals surface area contributed by atoms with Crippen LogP contribution in [0.15, 0.2) is 84.4 Å². The monoisotopic (exact) mass is 459 g/mol. The first-order valence-corrected chi connectivity index (χ1v) is 10.2. The summed E-state index contributed by atoms with van der Waals surface area (Å²) in [6, 6.07) is 19.1. The van der Waals surface area contributed by atoms with E-state index in [0.717, 1.165) is 17.0 Å². The molecule has 9 heteroatoms. The van der Waals surface area contributed by atoms with E-state index >= 15 is 0 Å². The van der Waals surface area contributed by atoms with Crippen LogP contribution < -0.4 is 20.3 Å². The Morgan fingerprint density at radius 1 is 0.971 bits per heavy atom. The average molecular weight is 459 g/mol. The number of barbiturate groups is 1. The van der Waals surface area contributed by atoms with E-state index in [1.807, 2.05) is 6.07 Å². The van der Waals surface area contributed by atoms with Crippen LogP contribution in [0.2, 0.25) is 0 Å². The highest BCUT2D eigenvalue weighted by Gasteiger charge is 2.36. The third-order valence-electron chi connectivity index (χ3n) is 4.78. The lowest BCUT2D eigenvalue weighted by molar-refractivity contribution is -0.122. The van der Waals surface area contributed by atoms with Crippen LogP contribution in [0.25, 0.3) is 6.08 Å². The molecule has 170 valence electrons. The number of hydrogen-bond acceptors (Lipinski definition) is 5. The maximum Gasteiger partial charge on any atom is 0.335 e. The Hall–Kier alpha value is -4.79. The molecule has 5 amide bonds. The molecule has 0 saturated carbocycles. The van der Waals surface area contributed by atoms with Crippen molar-refractivity contribution < 1.29 is 28.3 Å². The number of urea groups is 1. The number of nitrogens with one attached hydrogen (secondary N) is 2. The number of benzene rings is 3. The van der Waals surface area contributed by atoms with Gasteiger partial charge in [0.25, 0.3) is 17.7 Å². The number of imide groups is 2. The second kappa shape index (κ2) is 9.78. The molecule has 1 fully saturated rings. The average Bonchev–Trinajstić information content (AvgIpc) is 2.82. The lowest BCUT2D eigenvalue weighted by Gasteiger charge is -2.26. The van der Waals surface area contributed by atoms with Crippen molar-refractivity contribution in [2.24, 2.45) is 0 Å². The highest BCUT2D eigenvalue weighted by molar-refractivity contribution is 6.39. The lowest BCUT2D eigenvalue weighted by Crippen LogP contribution is -2.54. The van der Waals surface area contributed by atoms with Crippen molar-refractivity contribution in [2.45, 2.75) is 0 Å². The summed E-state index contributed by atoms with van der Waals surface area (Å²) in [5.41, 5.74) is 0.899. The molecule has 0 aliphatic carbocycles. The van der Waals surface area contributed by atoms with Crippen LogP contribution in [0.1, 0.15) is 5.56 Å². The first-order valence-electron chi connectivity index (χ1n) is 10.2. The van der Waals surface area contributed by atoms with Gasteiger partial charge in [0.2, 0.25) is 0 Å². The number of carbonyl (C=O) groups is 4. The van der Waals surface area contributed by atoms with Crippen LogP contribution in [0, 0.1) is 5.82 Å². The molecule has 0 bridgehead atoms. The van der Waals surface area contributed by atoms with Gasteiger partial charge in [-0.3, -0.25) is 19.7 Å². The van der Waals surface area contributed by atoms with Crippen LogP contribution in [0.4, 0.5) is 20.6 Å². The smallest absolute Gasteiger partial charge is 0.335 e. The standard InChI is InChI=1S/C25H18FN3O5/c26-17-9-11-19(12-10-17)29-24(32)21(23(31)28-25(29)33)14-16-5-4-8-20(13-16)34-15-22(30)27-18-6-2-1-3-7-18/h1-14H,15H2,(H,27,30)(H,28,31,33)/b21-14+. The molecule has 3 aromatic carbocycles. The van der Waals surface area contributed by atoms with E-state index in [-0.39, 0.29) is 23.8 Å². The highest BCUT2D eigenvalue weighted by atomic mass is 19.1. The minimum atomic E-state index is -0.930. The van der Waals surface area contributed by atoms with E-state index < -0.39 is 23.7 Å². The van der Waals surface area contributed by atoms with E-state index in [2.05, 4.69) is 10.6 Å². The SMILES string of the molecule is O=C(COc1cccc(/C=C2\C(=O)NC(=O)N(c3ccc(F)cc3)C2=O)c1)Nc1ccccc1. The van der Waals surface area contributed by atoms with Gasteiger partial charge in [-0.15, -0.1) is 0 Å². The predicted molar refractivity (Wildman–Crippen MR) is 122 cm³/mol. The molecule has 8 nitrogen and oxygen atoms in total. The van der Waals surface area contributed by atoms with Gasteiger partial charge in [0.15, 0.2) is 6.61 Å². The van der Waals surface area contributed by atoms with Crippen LogP contribution in [0.3, 0.4) is 0 Å². The fourth-order valence-electron chi connectivity index (χ4n) is 3.21. The number of amides is 5. The van der Waals surface area contributed by atoms with E-state index in [9.17, 15) is 23.6 Å². The topological polar surface area (TPSA) is 105 Å².